The highest BCUT2D eigenvalue weighted by Crippen LogP contribution is 2.24. The zero-order valence-electron chi connectivity index (χ0n) is 15.3. The van der Waals surface area contributed by atoms with Crippen LogP contribution < -0.4 is 0 Å². The standard InChI is InChI=1S/C22H21FN2O3/c23-17-8-4-7-16(13-17)21(26)22(27)25-12-11-19-18(14-25)24-20(28-19)10-9-15-5-2-1-3-6-15/h1-8,13,21,26H,9-12,14H2. The van der Waals surface area contributed by atoms with Crippen LogP contribution in [0.2, 0.25) is 0 Å². The molecule has 0 saturated heterocycles. The molecule has 0 spiro atoms. The van der Waals surface area contributed by atoms with E-state index in [0.29, 0.717) is 25.3 Å². The van der Waals surface area contributed by atoms with Gasteiger partial charge in [-0.1, -0.05) is 42.5 Å². The Balaban J connectivity index is 1.41. The van der Waals surface area contributed by atoms with Crippen molar-refractivity contribution in [3.8, 4) is 0 Å². The van der Waals surface area contributed by atoms with Crippen LogP contribution in [0, 0.1) is 5.82 Å². The minimum Gasteiger partial charge on any atom is -0.445 e. The van der Waals surface area contributed by atoms with Crippen molar-refractivity contribution >= 4 is 5.91 Å². The molecular weight excluding hydrogens is 359 g/mol. The number of aliphatic hydroxyl groups is 1. The van der Waals surface area contributed by atoms with Crippen LogP contribution in [-0.2, 0) is 30.6 Å². The highest BCUT2D eigenvalue weighted by atomic mass is 19.1. The summed E-state index contributed by atoms with van der Waals surface area (Å²) in [6.45, 7) is 0.723. The van der Waals surface area contributed by atoms with Gasteiger partial charge in [-0.3, -0.25) is 4.79 Å². The van der Waals surface area contributed by atoms with Gasteiger partial charge in [0.1, 0.15) is 17.3 Å². The van der Waals surface area contributed by atoms with Crippen LogP contribution in [0.5, 0.6) is 0 Å². The number of amides is 1. The quantitative estimate of drug-likeness (QED) is 0.738. The van der Waals surface area contributed by atoms with E-state index in [2.05, 4.69) is 17.1 Å². The van der Waals surface area contributed by atoms with E-state index >= 15 is 0 Å². The molecule has 0 fully saturated rings. The zero-order valence-corrected chi connectivity index (χ0v) is 15.3. The Labute approximate surface area is 162 Å². The number of carbonyl (C=O) groups is 1. The van der Waals surface area contributed by atoms with Gasteiger partial charge >= 0.3 is 0 Å². The first-order valence-electron chi connectivity index (χ1n) is 9.34. The number of fused-ring (bicyclic) bond motifs is 1. The van der Waals surface area contributed by atoms with Gasteiger partial charge in [-0.25, -0.2) is 9.37 Å². The SMILES string of the molecule is O=C(C(O)c1cccc(F)c1)N1CCc2oc(CCc3ccccc3)nc2C1. The van der Waals surface area contributed by atoms with Crippen LogP contribution in [0.4, 0.5) is 4.39 Å². The Morgan fingerprint density at radius 2 is 2.00 bits per heavy atom. The fourth-order valence-electron chi connectivity index (χ4n) is 3.44. The molecule has 1 unspecified atom stereocenters. The average Bonchev–Trinajstić information content (AvgIpc) is 3.14. The predicted molar refractivity (Wildman–Crippen MR) is 101 cm³/mol. The summed E-state index contributed by atoms with van der Waals surface area (Å²) in [5, 5.41) is 10.3. The fraction of sp³-hybridized carbons (Fsp3) is 0.273. The number of benzene rings is 2. The second-order valence-corrected chi connectivity index (χ2v) is 6.93. The van der Waals surface area contributed by atoms with Crippen molar-refractivity contribution in [1.29, 1.82) is 0 Å². The van der Waals surface area contributed by atoms with Gasteiger partial charge in [0.05, 0.1) is 6.54 Å². The molecule has 0 bridgehead atoms. The number of hydrogen-bond donors (Lipinski definition) is 1. The normalized spacial score (nSPS) is 14.6. The molecule has 0 aliphatic carbocycles. The molecule has 1 aliphatic heterocycles. The summed E-state index contributed by atoms with van der Waals surface area (Å²) < 4.78 is 19.2. The van der Waals surface area contributed by atoms with Crippen molar-refractivity contribution in [2.75, 3.05) is 6.54 Å². The lowest BCUT2D eigenvalue weighted by Gasteiger charge is -2.27. The van der Waals surface area contributed by atoms with Crippen molar-refractivity contribution in [2.24, 2.45) is 0 Å². The van der Waals surface area contributed by atoms with Crippen LogP contribution >= 0.6 is 0 Å². The Kier molecular flexibility index (Phi) is 5.21. The molecule has 2 aromatic carbocycles. The summed E-state index contributed by atoms with van der Waals surface area (Å²) in [5.41, 5.74) is 2.20. The Hall–Kier alpha value is -2.99. The number of nitrogens with zero attached hydrogens (tertiary/aromatic N) is 2. The number of aliphatic hydroxyl groups excluding tert-OH is 1. The number of rotatable bonds is 5. The van der Waals surface area contributed by atoms with E-state index < -0.39 is 17.8 Å². The predicted octanol–water partition coefficient (Wildman–Crippen LogP) is 3.22. The van der Waals surface area contributed by atoms with Gasteiger partial charge in [0.15, 0.2) is 12.0 Å². The van der Waals surface area contributed by atoms with E-state index in [-0.39, 0.29) is 12.1 Å². The van der Waals surface area contributed by atoms with Crippen molar-refractivity contribution in [2.45, 2.75) is 31.9 Å². The lowest BCUT2D eigenvalue weighted by atomic mass is 10.1. The van der Waals surface area contributed by atoms with Crippen LogP contribution in [0.25, 0.3) is 0 Å². The third kappa shape index (κ3) is 3.97. The van der Waals surface area contributed by atoms with Gasteiger partial charge in [-0.05, 0) is 29.7 Å². The van der Waals surface area contributed by atoms with Crippen molar-refractivity contribution < 1.29 is 18.7 Å². The molecule has 1 aromatic heterocycles. The molecule has 144 valence electrons. The Morgan fingerprint density at radius 1 is 1.18 bits per heavy atom. The molecule has 0 saturated carbocycles. The molecule has 4 rings (SSSR count). The van der Waals surface area contributed by atoms with Gasteiger partial charge < -0.3 is 14.4 Å². The summed E-state index contributed by atoms with van der Waals surface area (Å²) in [5.74, 6) is 0.524. The number of hydrogen-bond acceptors (Lipinski definition) is 4. The number of aromatic nitrogens is 1. The van der Waals surface area contributed by atoms with E-state index in [0.717, 1.165) is 17.9 Å². The van der Waals surface area contributed by atoms with E-state index in [9.17, 15) is 14.3 Å². The topological polar surface area (TPSA) is 66.6 Å². The average molecular weight is 380 g/mol. The fourth-order valence-corrected chi connectivity index (χ4v) is 3.44. The third-order valence-corrected chi connectivity index (χ3v) is 4.95. The summed E-state index contributed by atoms with van der Waals surface area (Å²) in [6, 6.07) is 15.6. The maximum Gasteiger partial charge on any atom is 0.256 e. The lowest BCUT2D eigenvalue weighted by Crippen LogP contribution is -2.39. The molecule has 6 heteroatoms. The summed E-state index contributed by atoms with van der Waals surface area (Å²) in [6.07, 6.45) is 0.689. The van der Waals surface area contributed by atoms with Crippen LogP contribution in [0.15, 0.2) is 59.0 Å². The van der Waals surface area contributed by atoms with Crippen LogP contribution in [0.1, 0.15) is 34.6 Å². The third-order valence-electron chi connectivity index (χ3n) is 4.95. The summed E-state index contributed by atoms with van der Waals surface area (Å²) >= 11 is 0. The number of carbonyl (C=O) groups excluding carboxylic acids is 1. The monoisotopic (exact) mass is 380 g/mol. The van der Waals surface area contributed by atoms with Gasteiger partial charge in [0.25, 0.3) is 5.91 Å². The Morgan fingerprint density at radius 3 is 2.79 bits per heavy atom. The van der Waals surface area contributed by atoms with Crippen molar-refractivity contribution in [3.63, 3.8) is 0 Å². The van der Waals surface area contributed by atoms with Crippen LogP contribution in [-0.4, -0.2) is 27.4 Å². The largest absolute Gasteiger partial charge is 0.445 e. The zero-order chi connectivity index (χ0) is 19.5. The van der Waals surface area contributed by atoms with E-state index in [1.54, 1.807) is 11.0 Å². The molecule has 1 atom stereocenters. The molecule has 0 radical (unpaired) electrons. The van der Waals surface area contributed by atoms with Gasteiger partial charge in [-0.15, -0.1) is 0 Å². The first kappa shape index (κ1) is 18.4. The van der Waals surface area contributed by atoms with Gasteiger partial charge in [0, 0.05) is 19.4 Å². The first-order valence-corrected chi connectivity index (χ1v) is 9.34. The molecule has 1 N–H and O–H groups in total. The minimum absolute atomic E-state index is 0.250. The van der Waals surface area contributed by atoms with E-state index in [1.807, 2.05) is 18.2 Å². The van der Waals surface area contributed by atoms with E-state index in [1.165, 1.54) is 23.8 Å². The summed E-state index contributed by atoms with van der Waals surface area (Å²) in [7, 11) is 0. The molecule has 3 aromatic rings. The highest BCUT2D eigenvalue weighted by Gasteiger charge is 2.29. The molecule has 5 nitrogen and oxygen atoms in total. The first-order chi connectivity index (χ1) is 13.6. The van der Waals surface area contributed by atoms with Crippen molar-refractivity contribution in [3.05, 3.63) is 88.9 Å². The molecular formula is C22H21FN2O3. The summed E-state index contributed by atoms with van der Waals surface area (Å²) in [4.78, 5) is 18.7. The molecule has 28 heavy (non-hydrogen) atoms. The second-order valence-electron chi connectivity index (χ2n) is 6.93. The smallest absolute Gasteiger partial charge is 0.256 e. The molecule has 1 aliphatic rings. The Bertz CT molecular complexity index is 971. The van der Waals surface area contributed by atoms with Gasteiger partial charge in [-0.2, -0.15) is 0 Å². The number of halogens is 1. The highest BCUT2D eigenvalue weighted by molar-refractivity contribution is 5.82. The number of aryl methyl sites for hydroxylation is 2. The van der Waals surface area contributed by atoms with E-state index in [4.69, 9.17) is 4.42 Å². The second kappa shape index (κ2) is 7.94. The van der Waals surface area contributed by atoms with Crippen LogP contribution in [0.3, 0.4) is 0 Å². The molecule has 2 heterocycles. The number of oxazole rings is 1. The minimum atomic E-state index is -1.39. The molecule has 1 amide bonds. The van der Waals surface area contributed by atoms with Gasteiger partial charge in [0.2, 0.25) is 0 Å². The lowest BCUT2D eigenvalue weighted by molar-refractivity contribution is -0.141. The maximum atomic E-state index is 13.4. The maximum absolute atomic E-state index is 13.4. The van der Waals surface area contributed by atoms with Crippen molar-refractivity contribution in [1.82, 2.24) is 9.88 Å².